The molecule has 6 nitrogen and oxygen atoms in total. The van der Waals surface area contributed by atoms with Gasteiger partial charge >= 0.3 is 0 Å². The standard InChI is InChI=1S/C13H27N3O3S/c1-15(8-9-19-2)20(17,18)16-7-3-4-12(11-16)10-14-13-5-6-13/h12-14H,3-11H2,1-2H3. The molecule has 1 aliphatic carbocycles. The summed E-state index contributed by atoms with van der Waals surface area (Å²) in [6.45, 7) is 3.05. The van der Waals surface area contributed by atoms with Crippen LogP contribution in [0.1, 0.15) is 25.7 Å². The lowest BCUT2D eigenvalue weighted by molar-refractivity contribution is 0.179. The van der Waals surface area contributed by atoms with Gasteiger partial charge in [-0.1, -0.05) is 0 Å². The summed E-state index contributed by atoms with van der Waals surface area (Å²) in [6, 6.07) is 0.686. The summed E-state index contributed by atoms with van der Waals surface area (Å²) in [4.78, 5) is 0. The minimum atomic E-state index is -3.33. The summed E-state index contributed by atoms with van der Waals surface area (Å²) < 4.78 is 32.9. The van der Waals surface area contributed by atoms with Crippen LogP contribution >= 0.6 is 0 Å². The van der Waals surface area contributed by atoms with Crippen molar-refractivity contribution >= 4 is 10.2 Å². The van der Waals surface area contributed by atoms with Crippen LogP contribution < -0.4 is 5.32 Å². The van der Waals surface area contributed by atoms with Gasteiger partial charge in [0.2, 0.25) is 0 Å². The van der Waals surface area contributed by atoms with Gasteiger partial charge < -0.3 is 10.1 Å². The Hall–Kier alpha value is -0.210. The molecule has 1 saturated heterocycles. The third-order valence-corrected chi connectivity index (χ3v) is 6.04. The van der Waals surface area contributed by atoms with Crippen molar-refractivity contribution in [1.82, 2.24) is 13.9 Å². The van der Waals surface area contributed by atoms with Crippen LogP contribution in [0.4, 0.5) is 0 Å². The molecule has 0 spiro atoms. The average molecular weight is 305 g/mol. The number of nitrogens with one attached hydrogen (secondary N) is 1. The minimum Gasteiger partial charge on any atom is -0.383 e. The van der Waals surface area contributed by atoms with Gasteiger partial charge in [0, 0.05) is 39.8 Å². The molecule has 1 N–H and O–H groups in total. The molecular weight excluding hydrogens is 278 g/mol. The van der Waals surface area contributed by atoms with Gasteiger partial charge in [-0.25, -0.2) is 0 Å². The first-order valence-corrected chi connectivity index (χ1v) is 8.87. The zero-order valence-corrected chi connectivity index (χ0v) is 13.4. The number of hydrogen-bond acceptors (Lipinski definition) is 4. The van der Waals surface area contributed by atoms with E-state index < -0.39 is 10.2 Å². The third-order valence-electron chi connectivity index (χ3n) is 4.08. The Morgan fingerprint density at radius 1 is 1.35 bits per heavy atom. The van der Waals surface area contributed by atoms with Crippen LogP contribution in [0.3, 0.4) is 0 Å². The Kier molecular flexibility index (Phi) is 5.80. The number of likely N-dealkylation sites (N-methyl/N-ethyl adjacent to an activating group) is 1. The molecule has 1 saturated carbocycles. The lowest BCUT2D eigenvalue weighted by atomic mass is 10.00. The molecule has 20 heavy (non-hydrogen) atoms. The fourth-order valence-corrected chi connectivity index (χ4v) is 4.01. The minimum absolute atomic E-state index is 0.403. The van der Waals surface area contributed by atoms with Crippen molar-refractivity contribution in [2.75, 3.05) is 46.9 Å². The van der Waals surface area contributed by atoms with Gasteiger partial charge in [-0.05, 0) is 38.1 Å². The van der Waals surface area contributed by atoms with E-state index >= 15 is 0 Å². The lowest BCUT2D eigenvalue weighted by Gasteiger charge is -2.34. The highest BCUT2D eigenvalue weighted by atomic mass is 32.2. The number of methoxy groups -OCH3 is 1. The van der Waals surface area contributed by atoms with Crippen LogP contribution in [0.2, 0.25) is 0 Å². The quantitative estimate of drug-likeness (QED) is 0.699. The summed E-state index contributed by atoms with van der Waals surface area (Å²) in [5.41, 5.74) is 0. The zero-order valence-electron chi connectivity index (χ0n) is 12.5. The Morgan fingerprint density at radius 2 is 2.10 bits per heavy atom. The molecule has 0 aromatic heterocycles. The molecule has 2 aliphatic rings. The molecule has 0 aromatic carbocycles. The van der Waals surface area contributed by atoms with E-state index in [4.69, 9.17) is 4.74 Å². The van der Waals surface area contributed by atoms with Crippen molar-refractivity contribution in [3.8, 4) is 0 Å². The smallest absolute Gasteiger partial charge is 0.281 e. The van der Waals surface area contributed by atoms with Gasteiger partial charge in [0.1, 0.15) is 0 Å². The first kappa shape index (κ1) is 16.2. The molecule has 0 aromatic rings. The fraction of sp³-hybridized carbons (Fsp3) is 1.00. The van der Waals surface area contributed by atoms with Crippen molar-refractivity contribution in [2.24, 2.45) is 5.92 Å². The van der Waals surface area contributed by atoms with Crippen molar-refractivity contribution < 1.29 is 13.2 Å². The molecule has 1 unspecified atom stereocenters. The van der Waals surface area contributed by atoms with Crippen LogP contribution in [-0.4, -0.2) is 70.0 Å². The summed E-state index contributed by atoms with van der Waals surface area (Å²) in [7, 11) is -0.122. The Labute approximate surface area is 122 Å². The average Bonchev–Trinajstić information content (AvgIpc) is 3.27. The van der Waals surface area contributed by atoms with Crippen molar-refractivity contribution in [2.45, 2.75) is 31.7 Å². The van der Waals surface area contributed by atoms with Crippen LogP contribution in [-0.2, 0) is 14.9 Å². The molecule has 1 aliphatic heterocycles. The maximum absolute atomic E-state index is 12.5. The molecule has 0 amide bonds. The van der Waals surface area contributed by atoms with E-state index in [1.165, 1.54) is 17.1 Å². The van der Waals surface area contributed by atoms with E-state index in [1.807, 2.05) is 0 Å². The molecule has 1 atom stereocenters. The molecule has 0 bridgehead atoms. The van der Waals surface area contributed by atoms with Gasteiger partial charge in [-0.2, -0.15) is 17.0 Å². The molecule has 7 heteroatoms. The molecule has 2 rings (SSSR count). The number of rotatable bonds is 8. The molecule has 0 radical (unpaired) electrons. The second-order valence-corrected chi connectivity index (χ2v) is 7.91. The molecule has 2 fully saturated rings. The SMILES string of the molecule is COCCN(C)S(=O)(=O)N1CCCC(CNC2CC2)C1. The second kappa shape index (κ2) is 7.17. The van der Waals surface area contributed by atoms with E-state index in [2.05, 4.69) is 5.32 Å². The number of nitrogens with zero attached hydrogens (tertiary/aromatic N) is 2. The van der Waals surface area contributed by atoms with Gasteiger partial charge in [-0.3, -0.25) is 0 Å². The maximum atomic E-state index is 12.5. The number of hydrogen-bond donors (Lipinski definition) is 1. The highest BCUT2D eigenvalue weighted by Crippen LogP contribution is 2.23. The van der Waals surface area contributed by atoms with E-state index in [1.54, 1.807) is 18.5 Å². The van der Waals surface area contributed by atoms with Gasteiger partial charge in [0.05, 0.1) is 6.61 Å². The van der Waals surface area contributed by atoms with E-state index in [-0.39, 0.29) is 0 Å². The van der Waals surface area contributed by atoms with Crippen LogP contribution in [0.15, 0.2) is 0 Å². The Bertz CT molecular complexity index is 398. The van der Waals surface area contributed by atoms with Gasteiger partial charge in [0.25, 0.3) is 10.2 Å². The largest absolute Gasteiger partial charge is 0.383 e. The fourth-order valence-electron chi connectivity index (χ4n) is 2.56. The summed E-state index contributed by atoms with van der Waals surface area (Å²) >= 11 is 0. The first-order chi connectivity index (χ1) is 9.54. The second-order valence-electron chi connectivity index (χ2n) is 5.87. The predicted molar refractivity (Wildman–Crippen MR) is 78.7 cm³/mol. The predicted octanol–water partition coefficient (Wildman–Crippen LogP) is 0.273. The van der Waals surface area contributed by atoms with Crippen LogP contribution in [0.25, 0.3) is 0 Å². The summed E-state index contributed by atoms with van der Waals surface area (Å²) in [6.07, 6.45) is 4.62. The Morgan fingerprint density at radius 3 is 2.75 bits per heavy atom. The Balaban J connectivity index is 1.85. The topological polar surface area (TPSA) is 61.9 Å². The van der Waals surface area contributed by atoms with Gasteiger partial charge in [-0.15, -0.1) is 0 Å². The number of piperidine rings is 1. The summed E-state index contributed by atoms with van der Waals surface area (Å²) in [5, 5.41) is 3.51. The van der Waals surface area contributed by atoms with E-state index in [0.29, 0.717) is 38.2 Å². The highest BCUT2D eigenvalue weighted by Gasteiger charge is 2.32. The van der Waals surface area contributed by atoms with E-state index in [9.17, 15) is 8.42 Å². The number of ether oxygens (including phenoxy) is 1. The normalized spacial score (nSPS) is 25.2. The molecular formula is C13H27N3O3S. The summed E-state index contributed by atoms with van der Waals surface area (Å²) in [5.74, 6) is 0.440. The third kappa shape index (κ3) is 4.39. The van der Waals surface area contributed by atoms with Crippen LogP contribution in [0.5, 0.6) is 0 Å². The molecule has 118 valence electrons. The van der Waals surface area contributed by atoms with Crippen LogP contribution in [0, 0.1) is 5.92 Å². The zero-order chi connectivity index (χ0) is 14.6. The van der Waals surface area contributed by atoms with Crippen molar-refractivity contribution in [3.63, 3.8) is 0 Å². The lowest BCUT2D eigenvalue weighted by Crippen LogP contribution is -2.48. The van der Waals surface area contributed by atoms with Crippen molar-refractivity contribution in [3.05, 3.63) is 0 Å². The maximum Gasteiger partial charge on any atom is 0.281 e. The van der Waals surface area contributed by atoms with E-state index in [0.717, 1.165) is 19.4 Å². The first-order valence-electron chi connectivity index (χ1n) is 7.47. The molecule has 1 heterocycles. The van der Waals surface area contributed by atoms with Crippen molar-refractivity contribution in [1.29, 1.82) is 0 Å². The highest BCUT2D eigenvalue weighted by molar-refractivity contribution is 7.86. The van der Waals surface area contributed by atoms with Gasteiger partial charge in [0.15, 0.2) is 0 Å². The monoisotopic (exact) mass is 305 g/mol.